The zero-order valence-corrected chi connectivity index (χ0v) is 15.0. The summed E-state index contributed by atoms with van der Waals surface area (Å²) in [6.45, 7) is 1.83. The molecular formula is C20H18ClN3O2. The molecule has 0 aliphatic carbocycles. The van der Waals surface area contributed by atoms with Crippen molar-refractivity contribution in [3.8, 4) is 11.3 Å². The first-order chi connectivity index (χ1) is 12.6. The Morgan fingerprint density at radius 2 is 1.77 bits per heavy atom. The molecule has 1 aromatic heterocycles. The van der Waals surface area contributed by atoms with Crippen LogP contribution in [0.15, 0.2) is 71.5 Å². The molecule has 0 spiro atoms. The van der Waals surface area contributed by atoms with Crippen molar-refractivity contribution in [1.29, 1.82) is 0 Å². The standard InChI is InChI=1S/C20H18ClN3O2/c1-2-18(20(26)22-17-11-7-6-10-15(17)21)24-19(25)13-12-16(23-24)14-8-4-3-5-9-14/h3-13,18H,2H2,1H3,(H,22,26)/t18-/m0/s1. The van der Waals surface area contributed by atoms with E-state index in [4.69, 9.17) is 11.6 Å². The number of carbonyl (C=O) groups excluding carboxylic acids is 1. The first kappa shape index (κ1) is 17.9. The highest BCUT2D eigenvalue weighted by molar-refractivity contribution is 6.33. The second-order valence-corrected chi connectivity index (χ2v) is 6.17. The molecule has 0 bridgehead atoms. The summed E-state index contributed by atoms with van der Waals surface area (Å²) in [6, 6.07) is 18.8. The van der Waals surface area contributed by atoms with Crippen molar-refractivity contribution in [1.82, 2.24) is 9.78 Å². The number of rotatable bonds is 5. The van der Waals surface area contributed by atoms with Gasteiger partial charge in [-0.3, -0.25) is 9.59 Å². The predicted octanol–water partition coefficient (Wildman–Crippen LogP) is 4.15. The normalized spacial score (nSPS) is 11.8. The van der Waals surface area contributed by atoms with E-state index in [9.17, 15) is 9.59 Å². The minimum Gasteiger partial charge on any atom is -0.323 e. The predicted molar refractivity (Wildman–Crippen MR) is 103 cm³/mol. The lowest BCUT2D eigenvalue weighted by Crippen LogP contribution is -2.34. The monoisotopic (exact) mass is 367 g/mol. The average molecular weight is 368 g/mol. The summed E-state index contributed by atoms with van der Waals surface area (Å²) >= 11 is 6.10. The van der Waals surface area contributed by atoms with Gasteiger partial charge in [-0.2, -0.15) is 5.10 Å². The van der Waals surface area contributed by atoms with Crippen LogP contribution in [0.1, 0.15) is 19.4 Å². The fourth-order valence-corrected chi connectivity index (χ4v) is 2.84. The Balaban J connectivity index is 1.93. The van der Waals surface area contributed by atoms with Gasteiger partial charge in [-0.1, -0.05) is 61.0 Å². The van der Waals surface area contributed by atoms with E-state index in [0.717, 1.165) is 5.56 Å². The highest BCUT2D eigenvalue weighted by Crippen LogP contribution is 2.22. The van der Waals surface area contributed by atoms with Gasteiger partial charge < -0.3 is 5.32 Å². The van der Waals surface area contributed by atoms with Crippen LogP contribution in [0, 0.1) is 0 Å². The Morgan fingerprint density at radius 1 is 1.08 bits per heavy atom. The lowest BCUT2D eigenvalue weighted by Gasteiger charge is -2.18. The number of carbonyl (C=O) groups is 1. The van der Waals surface area contributed by atoms with Crippen LogP contribution in [0.4, 0.5) is 5.69 Å². The second-order valence-electron chi connectivity index (χ2n) is 5.76. The van der Waals surface area contributed by atoms with Gasteiger partial charge in [0.15, 0.2) is 0 Å². The third-order valence-corrected chi connectivity index (χ3v) is 4.34. The largest absolute Gasteiger partial charge is 0.323 e. The highest BCUT2D eigenvalue weighted by atomic mass is 35.5. The van der Waals surface area contributed by atoms with E-state index >= 15 is 0 Å². The van der Waals surface area contributed by atoms with Gasteiger partial charge in [0.05, 0.1) is 16.4 Å². The number of hydrogen-bond donors (Lipinski definition) is 1. The van der Waals surface area contributed by atoms with Crippen molar-refractivity contribution in [2.24, 2.45) is 0 Å². The van der Waals surface area contributed by atoms with E-state index in [1.807, 2.05) is 37.3 Å². The van der Waals surface area contributed by atoms with E-state index < -0.39 is 6.04 Å². The maximum Gasteiger partial charge on any atom is 0.267 e. The molecule has 0 fully saturated rings. The number of hydrogen-bond acceptors (Lipinski definition) is 3. The molecule has 0 radical (unpaired) electrons. The third kappa shape index (κ3) is 3.83. The number of halogens is 1. The van der Waals surface area contributed by atoms with Crippen LogP contribution in [0.25, 0.3) is 11.3 Å². The lowest BCUT2D eigenvalue weighted by atomic mass is 10.1. The molecule has 0 unspecified atom stereocenters. The second kappa shape index (κ2) is 7.97. The SMILES string of the molecule is CC[C@@H](C(=O)Nc1ccccc1Cl)n1nc(-c2ccccc2)ccc1=O. The van der Waals surface area contributed by atoms with Crippen molar-refractivity contribution in [2.45, 2.75) is 19.4 Å². The quantitative estimate of drug-likeness (QED) is 0.736. The number of nitrogens with one attached hydrogen (secondary N) is 1. The molecule has 26 heavy (non-hydrogen) atoms. The summed E-state index contributed by atoms with van der Waals surface area (Å²) in [5.41, 5.74) is 1.69. The molecule has 1 atom stereocenters. The molecule has 0 saturated carbocycles. The third-order valence-electron chi connectivity index (χ3n) is 4.01. The van der Waals surface area contributed by atoms with Crippen molar-refractivity contribution >= 4 is 23.2 Å². The molecular weight excluding hydrogens is 350 g/mol. The number of nitrogens with zero attached hydrogens (tertiary/aromatic N) is 2. The smallest absolute Gasteiger partial charge is 0.267 e. The zero-order valence-electron chi connectivity index (χ0n) is 14.2. The van der Waals surface area contributed by atoms with E-state index in [0.29, 0.717) is 22.8 Å². The first-order valence-corrected chi connectivity index (χ1v) is 8.68. The van der Waals surface area contributed by atoms with Gasteiger partial charge >= 0.3 is 0 Å². The van der Waals surface area contributed by atoms with Gasteiger partial charge in [-0.25, -0.2) is 4.68 Å². The number of amides is 1. The fourth-order valence-electron chi connectivity index (χ4n) is 2.66. The van der Waals surface area contributed by atoms with Crippen molar-refractivity contribution in [3.63, 3.8) is 0 Å². The van der Waals surface area contributed by atoms with E-state index in [2.05, 4.69) is 10.4 Å². The van der Waals surface area contributed by atoms with Crippen molar-refractivity contribution < 1.29 is 4.79 Å². The maximum absolute atomic E-state index is 12.7. The van der Waals surface area contributed by atoms with Crippen LogP contribution in [0.5, 0.6) is 0 Å². The van der Waals surface area contributed by atoms with Gasteiger partial charge in [0.2, 0.25) is 5.91 Å². The van der Waals surface area contributed by atoms with Gasteiger partial charge in [-0.15, -0.1) is 0 Å². The molecule has 2 aromatic carbocycles. The molecule has 6 heteroatoms. The molecule has 1 N–H and O–H groups in total. The molecule has 3 aromatic rings. The minimum atomic E-state index is -0.734. The summed E-state index contributed by atoms with van der Waals surface area (Å²) in [4.78, 5) is 25.0. The Hall–Kier alpha value is -2.92. The van der Waals surface area contributed by atoms with Crippen LogP contribution >= 0.6 is 11.6 Å². The van der Waals surface area contributed by atoms with Crippen LogP contribution in [-0.2, 0) is 4.79 Å². The number of aromatic nitrogens is 2. The molecule has 1 heterocycles. The summed E-state index contributed by atoms with van der Waals surface area (Å²) < 4.78 is 1.23. The lowest BCUT2D eigenvalue weighted by molar-refractivity contribution is -0.119. The van der Waals surface area contributed by atoms with Crippen molar-refractivity contribution in [3.05, 3.63) is 82.1 Å². The molecule has 5 nitrogen and oxygen atoms in total. The van der Waals surface area contributed by atoms with Gasteiger partial charge in [-0.05, 0) is 24.6 Å². The minimum absolute atomic E-state index is 0.328. The summed E-state index contributed by atoms with van der Waals surface area (Å²) in [5.74, 6) is -0.333. The molecule has 3 rings (SSSR count). The van der Waals surface area contributed by atoms with Gasteiger partial charge in [0.25, 0.3) is 5.56 Å². The Kier molecular flexibility index (Phi) is 5.49. The molecule has 132 valence electrons. The van der Waals surface area contributed by atoms with Crippen molar-refractivity contribution in [2.75, 3.05) is 5.32 Å². The van der Waals surface area contributed by atoms with Crippen LogP contribution in [-0.4, -0.2) is 15.7 Å². The van der Waals surface area contributed by atoms with E-state index in [-0.39, 0.29) is 11.5 Å². The number of anilines is 1. The maximum atomic E-state index is 12.7. The molecule has 1 amide bonds. The van der Waals surface area contributed by atoms with Gasteiger partial charge in [0.1, 0.15) is 6.04 Å². The number of benzene rings is 2. The van der Waals surface area contributed by atoms with Crippen LogP contribution in [0.3, 0.4) is 0 Å². The molecule has 0 aliphatic heterocycles. The highest BCUT2D eigenvalue weighted by Gasteiger charge is 2.22. The molecule has 0 saturated heterocycles. The Bertz CT molecular complexity index is 970. The summed E-state index contributed by atoms with van der Waals surface area (Å²) in [6.07, 6.45) is 0.418. The van der Waals surface area contributed by atoms with Gasteiger partial charge in [0, 0.05) is 11.6 Å². The fraction of sp³-hybridized carbons (Fsp3) is 0.150. The zero-order chi connectivity index (χ0) is 18.5. The number of para-hydroxylation sites is 1. The Morgan fingerprint density at radius 3 is 2.46 bits per heavy atom. The topological polar surface area (TPSA) is 64.0 Å². The summed E-state index contributed by atoms with van der Waals surface area (Å²) in [7, 11) is 0. The molecule has 0 aliphatic rings. The van der Waals surface area contributed by atoms with E-state index in [1.54, 1.807) is 30.3 Å². The van der Waals surface area contributed by atoms with E-state index in [1.165, 1.54) is 10.7 Å². The summed E-state index contributed by atoms with van der Waals surface area (Å²) in [5, 5.41) is 7.62. The average Bonchev–Trinajstić information content (AvgIpc) is 2.66. The Labute approximate surface area is 156 Å². The van der Waals surface area contributed by atoms with Crippen LogP contribution in [0.2, 0.25) is 5.02 Å². The first-order valence-electron chi connectivity index (χ1n) is 8.31. The van der Waals surface area contributed by atoms with Crippen LogP contribution < -0.4 is 10.9 Å².